The molecule has 0 amide bonds. The molecule has 0 aliphatic carbocycles. The number of hydrogen-bond acceptors (Lipinski definition) is 6. The van der Waals surface area contributed by atoms with Crippen LogP contribution in [0.5, 0.6) is 0 Å². The first-order valence-electron chi connectivity index (χ1n) is 9.58. The van der Waals surface area contributed by atoms with Crippen LogP contribution in [0.3, 0.4) is 0 Å². The quantitative estimate of drug-likeness (QED) is 0.638. The summed E-state index contributed by atoms with van der Waals surface area (Å²) >= 11 is 3.72. The standard InChI is InChI=1S/C21H22N4S2/c1-2-9-22-18(4-1)21-23-12-15-13-25(10-8-17(15)24-21)14-16-6-7-20(27-16)19-5-3-11-26-19/h3,5-7,11-12H,1-2,4,8-10,13-14H2. The average Bonchev–Trinajstić information content (AvgIpc) is 3.40. The van der Waals surface area contributed by atoms with Gasteiger partial charge in [-0.05, 0) is 42.8 Å². The third-order valence-corrected chi connectivity index (χ3v) is 7.34. The van der Waals surface area contributed by atoms with Crippen molar-refractivity contribution >= 4 is 28.4 Å². The Morgan fingerprint density at radius 3 is 2.93 bits per heavy atom. The molecule has 138 valence electrons. The summed E-state index contributed by atoms with van der Waals surface area (Å²) in [7, 11) is 0. The Hall–Kier alpha value is -1.89. The lowest BCUT2D eigenvalue weighted by Gasteiger charge is -2.27. The van der Waals surface area contributed by atoms with Crippen molar-refractivity contribution in [2.75, 3.05) is 13.1 Å². The molecule has 2 aliphatic rings. The van der Waals surface area contributed by atoms with E-state index in [-0.39, 0.29) is 0 Å². The summed E-state index contributed by atoms with van der Waals surface area (Å²) < 4.78 is 0. The molecule has 0 N–H and O–H groups in total. The fraction of sp³-hybridized carbons (Fsp3) is 0.381. The number of fused-ring (bicyclic) bond motifs is 1. The largest absolute Gasteiger partial charge is 0.293 e. The second-order valence-corrected chi connectivity index (χ2v) is 9.27. The van der Waals surface area contributed by atoms with Crippen molar-refractivity contribution in [3.63, 3.8) is 0 Å². The Balaban J connectivity index is 1.28. The van der Waals surface area contributed by atoms with E-state index in [4.69, 9.17) is 4.98 Å². The van der Waals surface area contributed by atoms with E-state index < -0.39 is 0 Å². The summed E-state index contributed by atoms with van der Waals surface area (Å²) in [6.45, 7) is 3.93. The predicted molar refractivity (Wildman–Crippen MR) is 113 cm³/mol. The van der Waals surface area contributed by atoms with Gasteiger partial charge in [0.2, 0.25) is 0 Å². The van der Waals surface area contributed by atoms with Gasteiger partial charge in [-0.1, -0.05) is 6.07 Å². The molecular weight excluding hydrogens is 372 g/mol. The van der Waals surface area contributed by atoms with Gasteiger partial charge in [-0.15, -0.1) is 22.7 Å². The fourth-order valence-corrected chi connectivity index (χ4v) is 5.65. The highest BCUT2D eigenvalue weighted by Gasteiger charge is 2.21. The molecule has 0 spiro atoms. The van der Waals surface area contributed by atoms with E-state index in [1.54, 1.807) is 0 Å². The van der Waals surface area contributed by atoms with Crippen LogP contribution in [0.2, 0.25) is 0 Å². The molecule has 4 nitrogen and oxygen atoms in total. The second kappa shape index (κ2) is 7.62. The lowest BCUT2D eigenvalue weighted by Crippen LogP contribution is -2.31. The van der Waals surface area contributed by atoms with E-state index >= 15 is 0 Å². The Kier molecular flexibility index (Phi) is 4.86. The SMILES string of the molecule is c1csc(-c2ccc(CN3CCc4nc(C5=NCCCC5)ncc4C3)s2)c1. The molecule has 0 saturated heterocycles. The summed E-state index contributed by atoms with van der Waals surface area (Å²) in [6, 6.07) is 8.84. The van der Waals surface area contributed by atoms with Gasteiger partial charge in [0.05, 0.1) is 11.4 Å². The molecular formula is C21H22N4S2. The zero-order valence-corrected chi connectivity index (χ0v) is 16.9. The van der Waals surface area contributed by atoms with Gasteiger partial charge in [0.1, 0.15) is 0 Å². The second-order valence-electron chi connectivity index (χ2n) is 7.15. The summed E-state index contributed by atoms with van der Waals surface area (Å²) in [5, 5.41) is 2.14. The Bertz CT molecular complexity index is 958. The lowest BCUT2D eigenvalue weighted by molar-refractivity contribution is 0.245. The molecule has 0 aromatic carbocycles. The minimum atomic E-state index is 0.862. The smallest absolute Gasteiger partial charge is 0.173 e. The Morgan fingerprint density at radius 2 is 2.07 bits per heavy atom. The number of rotatable bonds is 4. The monoisotopic (exact) mass is 394 g/mol. The summed E-state index contributed by atoms with van der Waals surface area (Å²) in [5.74, 6) is 0.862. The van der Waals surface area contributed by atoms with Crippen molar-refractivity contribution in [1.29, 1.82) is 0 Å². The summed E-state index contributed by atoms with van der Waals surface area (Å²) in [6.07, 6.45) is 6.46. The molecule has 27 heavy (non-hydrogen) atoms. The highest BCUT2D eigenvalue weighted by Crippen LogP contribution is 2.32. The minimum absolute atomic E-state index is 0.862. The molecule has 5 rings (SSSR count). The van der Waals surface area contributed by atoms with Gasteiger partial charge in [-0.2, -0.15) is 0 Å². The van der Waals surface area contributed by atoms with Crippen LogP contribution in [0.1, 0.15) is 41.2 Å². The van der Waals surface area contributed by atoms with Crippen LogP contribution < -0.4 is 0 Å². The minimum Gasteiger partial charge on any atom is -0.293 e. The van der Waals surface area contributed by atoms with Crippen LogP contribution in [0.4, 0.5) is 0 Å². The molecule has 0 atom stereocenters. The van der Waals surface area contributed by atoms with Gasteiger partial charge < -0.3 is 0 Å². The van der Waals surface area contributed by atoms with Crippen molar-refractivity contribution in [2.45, 2.75) is 38.8 Å². The molecule has 0 radical (unpaired) electrons. The molecule has 5 heterocycles. The topological polar surface area (TPSA) is 41.4 Å². The maximum absolute atomic E-state index is 4.85. The average molecular weight is 395 g/mol. The van der Waals surface area contributed by atoms with Crippen LogP contribution in [-0.2, 0) is 19.5 Å². The fourth-order valence-electron chi connectivity index (χ4n) is 3.76. The Morgan fingerprint density at radius 1 is 1.07 bits per heavy atom. The van der Waals surface area contributed by atoms with Crippen molar-refractivity contribution < 1.29 is 0 Å². The van der Waals surface area contributed by atoms with E-state index in [1.165, 1.54) is 38.7 Å². The third kappa shape index (κ3) is 3.74. The van der Waals surface area contributed by atoms with Crippen molar-refractivity contribution in [1.82, 2.24) is 14.9 Å². The van der Waals surface area contributed by atoms with E-state index in [9.17, 15) is 0 Å². The van der Waals surface area contributed by atoms with Crippen LogP contribution in [0.25, 0.3) is 9.75 Å². The maximum Gasteiger partial charge on any atom is 0.173 e. The van der Waals surface area contributed by atoms with E-state index in [1.807, 2.05) is 28.9 Å². The van der Waals surface area contributed by atoms with E-state index in [2.05, 4.69) is 44.5 Å². The first-order chi connectivity index (χ1) is 13.3. The highest BCUT2D eigenvalue weighted by molar-refractivity contribution is 7.21. The molecule has 0 fully saturated rings. The highest BCUT2D eigenvalue weighted by atomic mass is 32.1. The summed E-state index contributed by atoms with van der Waals surface area (Å²) in [4.78, 5) is 20.8. The molecule has 0 unspecified atom stereocenters. The van der Waals surface area contributed by atoms with E-state index in [0.29, 0.717) is 0 Å². The van der Waals surface area contributed by atoms with Gasteiger partial charge in [0.25, 0.3) is 0 Å². The first kappa shape index (κ1) is 17.2. The molecule has 2 aliphatic heterocycles. The molecule has 0 bridgehead atoms. The predicted octanol–water partition coefficient (Wildman–Crippen LogP) is 4.80. The first-order valence-corrected chi connectivity index (χ1v) is 11.3. The van der Waals surface area contributed by atoms with E-state index in [0.717, 1.165) is 50.6 Å². The van der Waals surface area contributed by atoms with Gasteiger partial charge in [0.15, 0.2) is 5.82 Å². The zero-order valence-electron chi connectivity index (χ0n) is 15.2. The number of nitrogens with zero attached hydrogens (tertiary/aromatic N) is 4. The van der Waals surface area contributed by atoms with Crippen LogP contribution >= 0.6 is 22.7 Å². The van der Waals surface area contributed by atoms with Crippen LogP contribution in [0, 0.1) is 0 Å². The number of aromatic nitrogens is 2. The molecule has 0 saturated carbocycles. The molecule has 3 aromatic rings. The molecule has 3 aromatic heterocycles. The third-order valence-electron chi connectivity index (χ3n) is 5.20. The summed E-state index contributed by atoms with van der Waals surface area (Å²) in [5.41, 5.74) is 3.59. The van der Waals surface area contributed by atoms with Gasteiger partial charge in [-0.25, -0.2) is 9.97 Å². The van der Waals surface area contributed by atoms with Gasteiger partial charge >= 0.3 is 0 Å². The molecule has 6 heteroatoms. The van der Waals surface area contributed by atoms with Gasteiger partial charge in [-0.3, -0.25) is 9.89 Å². The lowest BCUT2D eigenvalue weighted by atomic mass is 10.1. The number of aliphatic imine (C=N–C) groups is 1. The maximum atomic E-state index is 4.85. The normalized spacial score (nSPS) is 17.6. The number of hydrogen-bond donors (Lipinski definition) is 0. The zero-order chi connectivity index (χ0) is 18.1. The Labute approximate surface area is 167 Å². The van der Waals surface area contributed by atoms with Gasteiger partial charge in [0, 0.05) is 59.0 Å². The number of thiophene rings is 2. The van der Waals surface area contributed by atoms with Crippen LogP contribution in [-0.4, -0.2) is 33.7 Å². The van der Waals surface area contributed by atoms with Crippen molar-refractivity contribution in [3.8, 4) is 9.75 Å². The van der Waals surface area contributed by atoms with Crippen molar-refractivity contribution in [3.05, 3.63) is 57.8 Å². The van der Waals surface area contributed by atoms with Crippen LogP contribution in [0.15, 0.2) is 40.8 Å². The van der Waals surface area contributed by atoms with Crippen molar-refractivity contribution in [2.24, 2.45) is 4.99 Å².